The maximum absolute atomic E-state index is 2.31. The van der Waals surface area contributed by atoms with Crippen LogP contribution in [0.3, 0.4) is 0 Å². The van der Waals surface area contributed by atoms with E-state index in [9.17, 15) is 0 Å². The molecular formula is C27H19N. The molecule has 0 N–H and O–H groups in total. The average molecular weight is 357 g/mol. The fourth-order valence-electron chi connectivity index (χ4n) is 4.79. The molecule has 1 heterocycles. The molecule has 6 rings (SSSR count). The summed E-state index contributed by atoms with van der Waals surface area (Å²) >= 11 is 0. The molecule has 0 amide bonds. The predicted octanol–water partition coefficient (Wildman–Crippen LogP) is 6.76. The van der Waals surface area contributed by atoms with E-state index in [-0.39, 0.29) is 0 Å². The molecule has 4 aromatic carbocycles. The van der Waals surface area contributed by atoms with E-state index in [0.717, 1.165) is 0 Å². The Morgan fingerprint density at radius 3 is 1.18 bits per heavy atom. The topological polar surface area (TPSA) is 3.24 Å². The van der Waals surface area contributed by atoms with Crippen molar-refractivity contribution < 1.29 is 0 Å². The molecule has 1 aliphatic heterocycles. The van der Waals surface area contributed by atoms with Gasteiger partial charge in [0.25, 0.3) is 0 Å². The molecule has 0 fully saturated rings. The van der Waals surface area contributed by atoms with E-state index in [0.29, 0.717) is 0 Å². The Hall–Kier alpha value is -3.58. The van der Waals surface area contributed by atoms with Crippen LogP contribution in [0, 0.1) is 0 Å². The van der Waals surface area contributed by atoms with E-state index >= 15 is 0 Å². The van der Waals surface area contributed by atoms with Crippen molar-refractivity contribution in [3.63, 3.8) is 0 Å². The number of fused-ring (bicyclic) bond motifs is 5. The second kappa shape index (κ2) is 5.71. The molecule has 0 saturated heterocycles. The lowest BCUT2D eigenvalue weighted by Gasteiger charge is -2.33. The largest absolute Gasteiger partial charge is 0.344 e. The quantitative estimate of drug-likeness (QED) is 0.296. The van der Waals surface area contributed by atoms with Crippen LogP contribution in [0.5, 0.6) is 0 Å². The molecule has 0 radical (unpaired) electrons. The maximum Gasteiger partial charge on any atom is 0.0488 e. The Labute approximate surface area is 165 Å². The van der Waals surface area contributed by atoms with E-state index in [1.54, 1.807) is 0 Å². The van der Waals surface area contributed by atoms with E-state index in [4.69, 9.17) is 0 Å². The van der Waals surface area contributed by atoms with Crippen LogP contribution < -0.4 is 4.90 Å². The number of nitrogens with zero attached hydrogens (tertiary/aromatic N) is 1. The zero-order valence-corrected chi connectivity index (χ0v) is 15.7. The van der Waals surface area contributed by atoms with Crippen LogP contribution >= 0.6 is 0 Å². The van der Waals surface area contributed by atoms with Gasteiger partial charge in [0, 0.05) is 35.1 Å². The third kappa shape index (κ3) is 1.96. The Morgan fingerprint density at radius 2 is 0.714 bits per heavy atom. The van der Waals surface area contributed by atoms with Crippen molar-refractivity contribution in [3.8, 4) is 11.1 Å². The van der Waals surface area contributed by atoms with Gasteiger partial charge in [-0.05, 0) is 40.0 Å². The summed E-state index contributed by atoms with van der Waals surface area (Å²) in [5.41, 5.74) is 13.1. The molecule has 0 spiro atoms. The molecule has 132 valence electrons. The van der Waals surface area contributed by atoms with Crippen molar-refractivity contribution in [2.45, 2.75) is 0 Å². The highest BCUT2D eigenvalue weighted by Gasteiger charge is 2.31. The zero-order chi connectivity index (χ0) is 18.7. The lowest BCUT2D eigenvalue weighted by Crippen LogP contribution is -2.18. The normalized spacial score (nSPS) is 13.7. The van der Waals surface area contributed by atoms with Crippen molar-refractivity contribution in [2.75, 3.05) is 11.9 Å². The molecule has 0 unspecified atom stereocenters. The number of benzene rings is 4. The van der Waals surface area contributed by atoms with Gasteiger partial charge in [0.05, 0.1) is 0 Å². The Balaban J connectivity index is 1.81. The van der Waals surface area contributed by atoms with Gasteiger partial charge >= 0.3 is 0 Å². The molecule has 1 aliphatic carbocycles. The van der Waals surface area contributed by atoms with Crippen molar-refractivity contribution in [2.24, 2.45) is 0 Å². The molecule has 1 heteroatoms. The predicted molar refractivity (Wildman–Crippen MR) is 118 cm³/mol. The number of anilines is 2. The van der Waals surface area contributed by atoms with Crippen LogP contribution in [-0.2, 0) is 0 Å². The van der Waals surface area contributed by atoms with Gasteiger partial charge in [-0.1, -0.05) is 84.9 Å². The van der Waals surface area contributed by atoms with Crippen LogP contribution in [0.4, 0.5) is 11.4 Å². The second-order valence-electron chi connectivity index (χ2n) is 7.43. The molecule has 0 saturated carbocycles. The SMILES string of the molecule is CN1c2ccccc2C(=C2c3ccccc3-c3ccccc32)c2ccccc21. The van der Waals surface area contributed by atoms with Gasteiger partial charge in [-0.3, -0.25) is 0 Å². The highest BCUT2D eigenvalue weighted by Crippen LogP contribution is 2.53. The van der Waals surface area contributed by atoms with Gasteiger partial charge in [-0.25, -0.2) is 0 Å². The Morgan fingerprint density at radius 1 is 0.393 bits per heavy atom. The van der Waals surface area contributed by atoms with E-state index in [1.165, 1.54) is 55.9 Å². The number of hydrogen-bond donors (Lipinski definition) is 0. The minimum absolute atomic E-state index is 1.26. The lowest BCUT2D eigenvalue weighted by molar-refractivity contribution is 1.17. The standard InChI is InChI=1S/C27H19N/c1-28-24-16-8-6-14-22(24)27(23-15-7-9-17-25(23)28)26-20-12-4-2-10-18(20)19-11-3-5-13-21(19)26/h2-17H,1H3. The fourth-order valence-corrected chi connectivity index (χ4v) is 4.79. The molecule has 4 aromatic rings. The number of para-hydroxylation sites is 2. The van der Waals surface area contributed by atoms with Crippen LogP contribution in [0.15, 0.2) is 97.1 Å². The van der Waals surface area contributed by atoms with Crippen LogP contribution in [0.1, 0.15) is 22.3 Å². The van der Waals surface area contributed by atoms with Gasteiger partial charge < -0.3 is 4.90 Å². The second-order valence-corrected chi connectivity index (χ2v) is 7.43. The lowest BCUT2D eigenvalue weighted by atomic mass is 9.84. The summed E-state index contributed by atoms with van der Waals surface area (Å²) in [4.78, 5) is 2.31. The monoisotopic (exact) mass is 357 g/mol. The number of rotatable bonds is 0. The molecule has 2 aliphatic rings. The molecular weight excluding hydrogens is 338 g/mol. The average Bonchev–Trinajstić information content (AvgIpc) is 3.09. The van der Waals surface area contributed by atoms with Crippen LogP contribution in [0.25, 0.3) is 22.3 Å². The van der Waals surface area contributed by atoms with Crippen molar-refractivity contribution >= 4 is 22.5 Å². The number of hydrogen-bond acceptors (Lipinski definition) is 1. The first-order valence-corrected chi connectivity index (χ1v) is 9.70. The van der Waals surface area contributed by atoms with Crippen molar-refractivity contribution in [1.29, 1.82) is 0 Å². The van der Waals surface area contributed by atoms with E-state index < -0.39 is 0 Å². The fraction of sp³-hybridized carbons (Fsp3) is 0.0370. The Bertz CT molecular complexity index is 1180. The summed E-state index contributed by atoms with van der Waals surface area (Å²) in [6.45, 7) is 0. The van der Waals surface area contributed by atoms with Crippen molar-refractivity contribution in [1.82, 2.24) is 0 Å². The van der Waals surface area contributed by atoms with Crippen molar-refractivity contribution in [3.05, 3.63) is 119 Å². The maximum atomic E-state index is 2.31. The molecule has 0 atom stereocenters. The van der Waals surface area contributed by atoms with E-state index in [1.807, 2.05) is 0 Å². The highest BCUT2D eigenvalue weighted by molar-refractivity contribution is 6.17. The first-order chi connectivity index (χ1) is 13.8. The van der Waals surface area contributed by atoms with Gasteiger partial charge in [0.15, 0.2) is 0 Å². The first kappa shape index (κ1) is 15.5. The Kier molecular flexibility index (Phi) is 3.15. The first-order valence-electron chi connectivity index (χ1n) is 9.70. The molecule has 1 nitrogen and oxygen atoms in total. The zero-order valence-electron chi connectivity index (χ0n) is 15.7. The molecule has 28 heavy (non-hydrogen) atoms. The smallest absolute Gasteiger partial charge is 0.0488 e. The van der Waals surface area contributed by atoms with Gasteiger partial charge in [0.1, 0.15) is 0 Å². The van der Waals surface area contributed by atoms with Gasteiger partial charge in [-0.15, -0.1) is 0 Å². The summed E-state index contributed by atoms with van der Waals surface area (Å²) < 4.78 is 0. The van der Waals surface area contributed by atoms with E-state index in [2.05, 4.69) is 109 Å². The summed E-state index contributed by atoms with van der Waals surface area (Å²) in [6.07, 6.45) is 0. The molecule has 0 bridgehead atoms. The van der Waals surface area contributed by atoms with Crippen LogP contribution in [0.2, 0.25) is 0 Å². The minimum atomic E-state index is 1.26. The van der Waals surface area contributed by atoms with Gasteiger partial charge in [-0.2, -0.15) is 0 Å². The molecule has 0 aromatic heterocycles. The van der Waals surface area contributed by atoms with Crippen LogP contribution in [-0.4, -0.2) is 7.05 Å². The van der Waals surface area contributed by atoms with Gasteiger partial charge in [0.2, 0.25) is 0 Å². The summed E-state index contributed by atoms with van der Waals surface area (Å²) in [7, 11) is 2.16. The summed E-state index contributed by atoms with van der Waals surface area (Å²) in [6, 6.07) is 35.1. The third-order valence-corrected chi connectivity index (χ3v) is 6.00. The summed E-state index contributed by atoms with van der Waals surface area (Å²) in [5, 5.41) is 0. The summed E-state index contributed by atoms with van der Waals surface area (Å²) in [5.74, 6) is 0. The highest BCUT2D eigenvalue weighted by atomic mass is 15.1. The third-order valence-electron chi connectivity index (χ3n) is 6.00. The minimum Gasteiger partial charge on any atom is -0.344 e.